The molecule has 1 aliphatic rings. The zero-order chi connectivity index (χ0) is 21.0. The van der Waals surface area contributed by atoms with E-state index in [4.69, 9.17) is 4.74 Å². The molecule has 3 rings (SSSR count). The van der Waals surface area contributed by atoms with Gasteiger partial charge in [-0.25, -0.2) is 17.6 Å². The van der Waals surface area contributed by atoms with Crippen LogP contribution in [-0.4, -0.2) is 6.10 Å². The quantitative estimate of drug-likeness (QED) is 0.375. The van der Waals surface area contributed by atoms with Gasteiger partial charge in [-0.15, -0.1) is 5.92 Å². The SMILES string of the molecule is CC#Cc1ccc(C2CCC(OCc3ccc(CC)c(F)c3F)CC2)c(F)c1F.[HH].[HH].[HH]. The lowest BCUT2D eigenvalue weighted by atomic mass is 9.82. The fraction of sp³-hybridized carbons (Fsp3) is 0.417. The second-order valence-electron chi connectivity index (χ2n) is 7.36. The average Bonchev–Trinajstić information content (AvgIpc) is 2.73. The maximum absolute atomic E-state index is 14.4. The van der Waals surface area contributed by atoms with Crippen molar-refractivity contribution in [3.63, 3.8) is 0 Å². The van der Waals surface area contributed by atoms with Crippen molar-refractivity contribution >= 4 is 0 Å². The summed E-state index contributed by atoms with van der Waals surface area (Å²) in [6.07, 6.45) is 2.91. The molecular formula is C24H30F4O. The molecule has 2 aromatic carbocycles. The summed E-state index contributed by atoms with van der Waals surface area (Å²) in [5, 5.41) is 0. The van der Waals surface area contributed by atoms with E-state index in [1.54, 1.807) is 32.0 Å². The van der Waals surface area contributed by atoms with E-state index in [0.29, 0.717) is 43.2 Å². The minimum absolute atomic E-state index is 0. The van der Waals surface area contributed by atoms with Crippen molar-refractivity contribution in [3.05, 3.63) is 69.8 Å². The van der Waals surface area contributed by atoms with Crippen LogP contribution in [0.25, 0.3) is 0 Å². The van der Waals surface area contributed by atoms with Gasteiger partial charge in [-0.1, -0.05) is 31.0 Å². The van der Waals surface area contributed by atoms with Crippen molar-refractivity contribution < 1.29 is 26.6 Å². The van der Waals surface area contributed by atoms with Gasteiger partial charge in [-0.2, -0.15) is 0 Å². The van der Waals surface area contributed by atoms with E-state index in [9.17, 15) is 17.6 Å². The molecule has 160 valence electrons. The standard InChI is InChI=1S/C24H24F4O.3H2/c1-3-5-17-10-13-20(24(28)22(17)26)16-8-11-19(12-9-16)29-14-18-7-6-15(4-2)21(25)23(18)27;;;/h6-7,10,13,16,19H,4,8-9,11-12,14H2,1-2H3;3*1H. The van der Waals surface area contributed by atoms with Gasteiger partial charge in [0.1, 0.15) is 0 Å². The molecular weight excluding hydrogens is 380 g/mol. The van der Waals surface area contributed by atoms with Gasteiger partial charge >= 0.3 is 0 Å². The third kappa shape index (κ3) is 4.64. The lowest BCUT2D eigenvalue weighted by molar-refractivity contribution is 0.0116. The van der Waals surface area contributed by atoms with E-state index in [0.717, 1.165) is 0 Å². The van der Waals surface area contributed by atoms with Crippen LogP contribution in [0.15, 0.2) is 24.3 Å². The maximum Gasteiger partial charge on any atom is 0.174 e. The van der Waals surface area contributed by atoms with Crippen LogP contribution in [0.5, 0.6) is 0 Å². The van der Waals surface area contributed by atoms with Gasteiger partial charge in [0.15, 0.2) is 23.3 Å². The van der Waals surface area contributed by atoms with E-state index < -0.39 is 23.3 Å². The zero-order valence-electron chi connectivity index (χ0n) is 16.6. The molecule has 0 bridgehead atoms. The van der Waals surface area contributed by atoms with Crippen LogP contribution in [0.1, 0.15) is 72.0 Å². The maximum atomic E-state index is 14.4. The Hall–Kier alpha value is -2.32. The van der Waals surface area contributed by atoms with E-state index in [-0.39, 0.29) is 34.0 Å². The predicted octanol–water partition coefficient (Wildman–Crippen LogP) is 7.16. The summed E-state index contributed by atoms with van der Waals surface area (Å²) in [5.41, 5.74) is 0.972. The fourth-order valence-corrected chi connectivity index (χ4v) is 3.87. The summed E-state index contributed by atoms with van der Waals surface area (Å²) < 4.78 is 62.4. The number of ether oxygens (including phenoxy) is 1. The summed E-state index contributed by atoms with van der Waals surface area (Å²) in [7, 11) is 0. The normalized spacial score (nSPS) is 19.0. The summed E-state index contributed by atoms with van der Waals surface area (Å²) in [6, 6.07) is 6.27. The third-order valence-electron chi connectivity index (χ3n) is 5.58. The highest BCUT2D eigenvalue weighted by Crippen LogP contribution is 2.36. The summed E-state index contributed by atoms with van der Waals surface area (Å²) in [5.74, 6) is 1.64. The van der Waals surface area contributed by atoms with Crippen LogP contribution in [-0.2, 0) is 17.8 Å². The van der Waals surface area contributed by atoms with Crippen molar-refractivity contribution in [3.8, 4) is 11.8 Å². The molecule has 0 unspecified atom stereocenters. The summed E-state index contributed by atoms with van der Waals surface area (Å²) in [4.78, 5) is 0. The fourth-order valence-electron chi connectivity index (χ4n) is 3.87. The predicted molar refractivity (Wildman–Crippen MR) is 111 cm³/mol. The van der Waals surface area contributed by atoms with E-state index in [1.807, 2.05) is 0 Å². The molecule has 29 heavy (non-hydrogen) atoms. The Morgan fingerprint density at radius 2 is 1.55 bits per heavy atom. The van der Waals surface area contributed by atoms with Crippen LogP contribution >= 0.6 is 0 Å². The molecule has 1 aliphatic carbocycles. The lowest BCUT2D eigenvalue weighted by Crippen LogP contribution is -2.22. The second kappa shape index (κ2) is 9.45. The van der Waals surface area contributed by atoms with Gasteiger partial charge in [0.2, 0.25) is 0 Å². The van der Waals surface area contributed by atoms with Gasteiger partial charge in [-0.3, -0.25) is 0 Å². The summed E-state index contributed by atoms with van der Waals surface area (Å²) >= 11 is 0. The van der Waals surface area contributed by atoms with Crippen molar-refractivity contribution in [2.75, 3.05) is 0 Å². The Kier molecular flexibility index (Phi) is 6.97. The van der Waals surface area contributed by atoms with Crippen LogP contribution in [0.3, 0.4) is 0 Å². The minimum atomic E-state index is -0.900. The molecule has 2 aromatic rings. The molecule has 1 saturated carbocycles. The highest BCUT2D eigenvalue weighted by molar-refractivity contribution is 5.39. The number of halogens is 4. The molecule has 1 fully saturated rings. The van der Waals surface area contributed by atoms with Gasteiger partial charge in [-0.05, 0) is 62.1 Å². The van der Waals surface area contributed by atoms with E-state index in [2.05, 4.69) is 11.8 Å². The van der Waals surface area contributed by atoms with E-state index >= 15 is 0 Å². The van der Waals surface area contributed by atoms with E-state index in [1.165, 1.54) is 6.07 Å². The highest BCUT2D eigenvalue weighted by atomic mass is 19.2. The molecule has 0 aliphatic heterocycles. The Morgan fingerprint density at radius 1 is 0.897 bits per heavy atom. The molecule has 0 amide bonds. The Labute approximate surface area is 173 Å². The lowest BCUT2D eigenvalue weighted by Gasteiger charge is -2.29. The van der Waals surface area contributed by atoms with Crippen LogP contribution in [0, 0.1) is 35.1 Å². The number of aryl methyl sites for hydroxylation is 1. The Morgan fingerprint density at radius 3 is 2.21 bits per heavy atom. The first-order valence-electron chi connectivity index (χ1n) is 9.94. The monoisotopic (exact) mass is 410 g/mol. The Balaban J connectivity index is 0.00000320. The number of hydrogen-bond donors (Lipinski definition) is 0. The zero-order valence-corrected chi connectivity index (χ0v) is 16.6. The Bertz CT molecular complexity index is 948. The molecule has 0 radical (unpaired) electrons. The molecule has 0 saturated heterocycles. The smallest absolute Gasteiger partial charge is 0.174 e. The molecule has 0 heterocycles. The largest absolute Gasteiger partial charge is 0.373 e. The summed E-state index contributed by atoms with van der Waals surface area (Å²) in [6.45, 7) is 3.34. The second-order valence-corrected chi connectivity index (χ2v) is 7.36. The first kappa shape index (κ1) is 21.4. The van der Waals surface area contributed by atoms with Gasteiger partial charge in [0, 0.05) is 9.84 Å². The van der Waals surface area contributed by atoms with Crippen molar-refractivity contribution in [1.29, 1.82) is 0 Å². The van der Waals surface area contributed by atoms with Crippen molar-refractivity contribution in [2.24, 2.45) is 0 Å². The number of benzene rings is 2. The molecule has 1 nitrogen and oxygen atoms in total. The number of rotatable bonds is 5. The van der Waals surface area contributed by atoms with Crippen molar-refractivity contribution in [2.45, 2.75) is 64.6 Å². The number of hydrogen-bond acceptors (Lipinski definition) is 1. The molecule has 5 heteroatoms. The van der Waals surface area contributed by atoms with Crippen LogP contribution < -0.4 is 0 Å². The van der Waals surface area contributed by atoms with Crippen LogP contribution in [0.2, 0.25) is 0 Å². The molecule has 0 spiro atoms. The van der Waals surface area contributed by atoms with Gasteiger partial charge in [0.05, 0.1) is 18.3 Å². The third-order valence-corrected chi connectivity index (χ3v) is 5.58. The minimum Gasteiger partial charge on any atom is -0.373 e. The van der Waals surface area contributed by atoms with Crippen molar-refractivity contribution in [1.82, 2.24) is 0 Å². The molecule has 0 atom stereocenters. The highest BCUT2D eigenvalue weighted by Gasteiger charge is 2.27. The van der Waals surface area contributed by atoms with Gasteiger partial charge < -0.3 is 4.74 Å². The molecule has 0 N–H and O–H groups in total. The average molecular weight is 410 g/mol. The topological polar surface area (TPSA) is 9.23 Å². The van der Waals surface area contributed by atoms with Crippen LogP contribution in [0.4, 0.5) is 17.6 Å². The first-order valence-corrected chi connectivity index (χ1v) is 9.94. The molecule has 0 aromatic heterocycles. The first-order chi connectivity index (χ1) is 14.0. The van der Waals surface area contributed by atoms with Gasteiger partial charge in [0.25, 0.3) is 0 Å².